The van der Waals surface area contributed by atoms with E-state index in [0.29, 0.717) is 12.3 Å². The van der Waals surface area contributed by atoms with E-state index in [1.54, 1.807) is 18.4 Å². The van der Waals surface area contributed by atoms with Crippen molar-refractivity contribution in [2.75, 3.05) is 46.6 Å². The van der Waals surface area contributed by atoms with E-state index in [9.17, 15) is 4.79 Å². The number of carbonyl (C=O) groups is 1. The van der Waals surface area contributed by atoms with Crippen LogP contribution < -0.4 is 14.2 Å². The van der Waals surface area contributed by atoms with Gasteiger partial charge in [-0.3, -0.25) is 4.79 Å². The molecule has 3 aliphatic rings. The average molecular weight is 493 g/mol. The van der Waals surface area contributed by atoms with E-state index in [0.717, 1.165) is 68.4 Å². The molecule has 0 saturated carbocycles. The number of nitrogens with zero attached hydrogens (tertiary/aromatic N) is 2. The highest BCUT2D eigenvalue weighted by Gasteiger charge is 2.28. The summed E-state index contributed by atoms with van der Waals surface area (Å²) < 4.78 is 17.7. The van der Waals surface area contributed by atoms with Gasteiger partial charge in [0.15, 0.2) is 11.5 Å². The molecular formula is C28H32N2O4S. The fourth-order valence-corrected chi connectivity index (χ4v) is 6.77. The summed E-state index contributed by atoms with van der Waals surface area (Å²) in [6, 6.07) is 10.5. The Hall–Kier alpha value is -2.77. The third-order valence-electron chi connectivity index (χ3n) is 7.68. The Morgan fingerprint density at radius 3 is 2.83 bits per heavy atom. The normalized spacial score (nSPS) is 20.2. The fraction of sp³-hybridized carbons (Fsp3) is 0.464. The van der Waals surface area contributed by atoms with Gasteiger partial charge in [-0.05, 0) is 95.9 Å². The van der Waals surface area contributed by atoms with Gasteiger partial charge in [0.25, 0.3) is 0 Å². The molecule has 1 aromatic heterocycles. The van der Waals surface area contributed by atoms with Gasteiger partial charge in [-0.15, -0.1) is 11.3 Å². The van der Waals surface area contributed by atoms with E-state index >= 15 is 0 Å². The molecule has 0 radical (unpaired) electrons. The molecule has 7 heteroatoms. The number of hydrogen-bond acceptors (Lipinski definition) is 6. The van der Waals surface area contributed by atoms with Crippen LogP contribution in [0.25, 0.3) is 10.1 Å². The van der Waals surface area contributed by atoms with E-state index in [4.69, 9.17) is 14.2 Å². The molecule has 0 bridgehead atoms. The molecule has 35 heavy (non-hydrogen) atoms. The number of benzene rings is 2. The number of likely N-dealkylation sites (tertiary alicyclic amines) is 1. The maximum absolute atomic E-state index is 13.1. The third kappa shape index (κ3) is 4.71. The summed E-state index contributed by atoms with van der Waals surface area (Å²) >= 11 is 1.80. The number of methoxy groups -OCH3 is 1. The van der Waals surface area contributed by atoms with Crippen LogP contribution >= 0.6 is 11.3 Å². The number of carbonyl (C=O) groups excluding carboxylic acids is 1. The first-order chi connectivity index (χ1) is 17.2. The van der Waals surface area contributed by atoms with Crippen molar-refractivity contribution in [2.24, 2.45) is 5.92 Å². The summed E-state index contributed by atoms with van der Waals surface area (Å²) in [5.41, 5.74) is 3.73. The van der Waals surface area contributed by atoms with E-state index in [1.807, 2.05) is 6.07 Å². The summed E-state index contributed by atoms with van der Waals surface area (Å²) in [4.78, 5) is 17.8. The van der Waals surface area contributed by atoms with Gasteiger partial charge in [-0.2, -0.15) is 0 Å². The van der Waals surface area contributed by atoms with Crippen LogP contribution in [0.5, 0.6) is 17.2 Å². The smallest absolute Gasteiger partial charge is 0.231 e. The second-order valence-electron chi connectivity index (χ2n) is 9.92. The largest absolute Gasteiger partial charge is 0.497 e. The van der Waals surface area contributed by atoms with Crippen LogP contribution in [0.4, 0.5) is 0 Å². The van der Waals surface area contributed by atoms with Crippen LogP contribution in [0, 0.1) is 5.92 Å². The molecule has 1 amide bonds. The Morgan fingerprint density at radius 2 is 1.97 bits per heavy atom. The van der Waals surface area contributed by atoms with Gasteiger partial charge in [0.1, 0.15) is 5.75 Å². The second-order valence-corrected chi connectivity index (χ2v) is 10.8. The number of amides is 1. The Balaban J connectivity index is 1.06. The third-order valence-corrected chi connectivity index (χ3v) is 8.68. The van der Waals surface area contributed by atoms with Crippen molar-refractivity contribution in [2.45, 2.75) is 32.1 Å². The maximum Gasteiger partial charge on any atom is 0.231 e. The van der Waals surface area contributed by atoms with Crippen LogP contribution in [-0.2, 0) is 24.1 Å². The molecule has 3 aliphatic heterocycles. The van der Waals surface area contributed by atoms with E-state index < -0.39 is 0 Å². The highest BCUT2D eigenvalue weighted by atomic mass is 32.1. The average Bonchev–Trinajstić information content (AvgIpc) is 3.47. The summed E-state index contributed by atoms with van der Waals surface area (Å²) in [7, 11) is 1.72. The minimum absolute atomic E-state index is 0.236. The topological polar surface area (TPSA) is 51.2 Å². The molecule has 4 heterocycles. The zero-order valence-electron chi connectivity index (χ0n) is 20.3. The van der Waals surface area contributed by atoms with Crippen LogP contribution in [0.3, 0.4) is 0 Å². The number of thiophene rings is 1. The number of rotatable bonds is 6. The summed E-state index contributed by atoms with van der Waals surface area (Å²) in [6.45, 7) is 5.20. The molecule has 1 fully saturated rings. The van der Waals surface area contributed by atoms with Gasteiger partial charge in [0.05, 0.1) is 13.5 Å². The number of hydrogen-bond donors (Lipinski definition) is 0. The van der Waals surface area contributed by atoms with E-state index in [-0.39, 0.29) is 12.7 Å². The molecular weight excluding hydrogens is 460 g/mol. The van der Waals surface area contributed by atoms with Crippen molar-refractivity contribution < 1.29 is 19.0 Å². The molecule has 2 aromatic carbocycles. The highest BCUT2D eigenvalue weighted by Crippen LogP contribution is 2.36. The van der Waals surface area contributed by atoms with Crippen LogP contribution in [-0.4, -0.2) is 62.3 Å². The van der Waals surface area contributed by atoms with Crippen molar-refractivity contribution in [3.63, 3.8) is 0 Å². The van der Waals surface area contributed by atoms with Crippen LogP contribution in [0.2, 0.25) is 0 Å². The first-order valence-corrected chi connectivity index (χ1v) is 13.5. The second kappa shape index (κ2) is 9.70. The van der Waals surface area contributed by atoms with Gasteiger partial charge in [0, 0.05) is 30.9 Å². The van der Waals surface area contributed by atoms with Gasteiger partial charge in [-0.1, -0.05) is 0 Å². The molecule has 1 saturated heterocycles. The summed E-state index contributed by atoms with van der Waals surface area (Å²) in [5, 5.41) is 3.64. The summed E-state index contributed by atoms with van der Waals surface area (Å²) in [6.07, 6.45) is 4.80. The first kappa shape index (κ1) is 22.7. The lowest BCUT2D eigenvalue weighted by Crippen LogP contribution is -2.43. The van der Waals surface area contributed by atoms with Gasteiger partial charge >= 0.3 is 0 Å². The van der Waals surface area contributed by atoms with Crippen molar-refractivity contribution in [3.05, 3.63) is 52.4 Å². The number of piperidine rings is 1. The fourth-order valence-electron chi connectivity index (χ4n) is 5.75. The minimum atomic E-state index is 0.236. The monoisotopic (exact) mass is 492 g/mol. The number of ether oxygens (including phenoxy) is 3. The Bertz CT molecular complexity index is 1240. The summed E-state index contributed by atoms with van der Waals surface area (Å²) in [5.74, 6) is 3.27. The number of fused-ring (bicyclic) bond motifs is 3. The Labute approximate surface area is 210 Å². The lowest BCUT2D eigenvalue weighted by Gasteiger charge is -2.35. The van der Waals surface area contributed by atoms with E-state index in [2.05, 4.69) is 39.4 Å². The van der Waals surface area contributed by atoms with E-state index in [1.165, 1.54) is 34.1 Å². The van der Waals surface area contributed by atoms with Gasteiger partial charge < -0.3 is 24.0 Å². The van der Waals surface area contributed by atoms with Crippen molar-refractivity contribution in [1.29, 1.82) is 0 Å². The maximum atomic E-state index is 13.1. The van der Waals surface area contributed by atoms with Crippen LogP contribution in [0.1, 0.15) is 29.5 Å². The van der Waals surface area contributed by atoms with Crippen molar-refractivity contribution >= 4 is 27.3 Å². The quantitative estimate of drug-likeness (QED) is 0.507. The van der Waals surface area contributed by atoms with Gasteiger partial charge in [-0.25, -0.2) is 0 Å². The molecule has 1 atom stereocenters. The van der Waals surface area contributed by atoms with Crippen molar-refractivity contribution in [3.8, 4) is 17.2 Å². The molecule has 0 aliphatic carbocycles. The highest BCUT2D eigenvalue weighted by molar-refractivity contribution is 7.17. The van der Waals surface area contributed by atoms with Crippen molar-refractivity contribution in [1.82, 2.24) is 9.80 Å². The first-order valence-electron chi connectivity index (χ1n) is 12.6. The molecule has 6 nitrogen and oxygen atoms in total. The molecule has 0 N–H and O–H groups in total. The molecule has 3 aromatic rings. The zero-order chi connectivity index (χ0) is 23.8. The molecule has 6 rings (SSSR count). The standard InChI is InChI=1S/C28H32N2O4S/c1-32-23-4-5-24-21(17-35-27(24)14-23)6-9-29-8-2-3-19(15-29)16-30-10-7-20-11-25-26(34-18-33-25)12-22(20)13-28(30)31/h4-5,11-12,14,17,19H,2-3,6-10,13,15-16,18H2,1H3. The SMILES string of the molecule is COc1ccc2c(CCN3CCCC(CN4CCc5cc6c(cc5CC4=O)OCO6)C3)csc2c1. The molecule has 184 valence electrons. The lowest BCUT2D eigenvalue weighted by molar-refractivity contribution is -0.131. The molecule has 1 unspecified atom stereocenters. The predicted octanol–water partition coefficient (Wildman–Crippen LogP) is 4.52. The Morgan fingerprint density at radius 1 is 1.11 bits per heavy atom. The van der Waals surface area contributed by atoms with Crippen LogP contribution in [0.15, 0.2) is 35.7 Å². The molecule has 0 spiro atoms. The predicted molar refractivity (Wildman–Crippen MR) is 138 cm³/mol. The van der Waals surface area contributed by atoms with Gasteiger partial charge in [0.2, 0.25) is 12.7 Å². The minimum Gasteiger partial charge on any atom is -0.497 e. The Kier molecular flexibility index (Phi) is 6.29. The zero-order valence-corrected chi connectivity index (χ0v) is 21.1. The lowest BCUT2D eigenvalue weighted by atomic mass is 9.96.